The molecule has 18 heavy (non-hydrogen) atoms. The van der Waals surface area contributed by atoms with Gasteiger partial charge in [0.2, 0.25) is 0 Å². The highest BCUT2D eigenvalue weighted by Crippen LogP contribution is 2.30. The Morgan fingerprint density at radius 2 is 2.17 bits per heavy atom. The molecule has 1 heterocycles. The lowest BCUT2D eigenvalue weighted by atomic mass is 9.98. The first-order valence-corrected chi connectivity index (χ1v) is 5.88. The van der Waals surface area contributed by atoms with Crippen LogP contribution in [0.15, 0.2) is 24.4 Å². The summed E-state index contributed by atoms with van der Waals surface area (Å²) < 4.78 is 7.33. The van der Waals surface area contributed by atoms with E-state index in [1.807, 2.05) is 36.0 Å². The lowest BCUT2D eigenvalue weighted by Gasteiger charge is -2.11. The maximum atomic E-state index is 10.9. The number of carbonyl (C=O) groups is 1. The molecule has 1 atom stereocenters. The molecule has 1 aromatic carbocycles. The van der Waals surface area contributed by atoms with E-state index in [4.69, 9.17) is 9.84 Å². The molecule has 0 fully saturated rings. The number of ether oxygens (including phenoxy) is 1. The van der Waals surface area contributed by atoms with Gasteiger partial charge in [0.15, 0.2) is 0 Å². The number of aliphatic carboxylic acids is 1. The number of carboxylic acids is 1. The summed E-state index contributed by atoms with van der Waals surface area (Å²) in [6.45, 7) is 1.72. The number of methoxy groups -OCH3 is 1. The molecule has 0 aliphatic heterocycles. The normalized spacial score (nSPS) is 12.6. The Hall–Kier alpha value is -1.97. The van der Waals surface area contributed by atoms with Crippen LogP contribution in [0.2, 0.25) is 0 Å². The SMILES string of the molecule is COc1ccc(CC(C)C(=O)O)c2ccn(C)c12. The minimum absolute atomic E-state index is 0.387. The molecule has 0 bridgehead atoms. The average molecular weight is 247 g/mol. The number of hydrogen-bond acceptors (Lipinski definition) is 2. The summed E-state index contributed by atoms with van der Waals surface area (Å²) in [6, 6.07) is 5.84. The van der Waals surface area contributed by atoms with Crippen LogP contribution in [-0.2, 0) is 18.3 Å². The van der Waals surface area contributed by atoms with Crippen molar-refractivity contribution in [1.29, 1.82) is 0 Å². The molecule has 0 saturated heterocycles. The van der Waals surface area contributed by atoms with Crippen LogP contribution in [0, 0.1) is 5.92 Å². The number of nitrogens with zero attached hydrogens (tertiary/aromatic N) is 1. The van der Waals surface area contributed by atoms with Crippen molar-refractivity contribution >= 4 is 16.9 Å². The van der Waals surface area contributed by atoms with Crippen molar-refractivity contribution in [2.45, 2.75) is 13.3 Å². The van der Waals surface area contributed by atoms with E-state index in [1.165, 1.54) is 0 Å². The van der Waals surface area contributed by atoms with Gasteiger partial charge in [0.25, 0.3) is 0 Å². The fourth-order valence-corrected chi connectivity index (χ4v) is 2.20. The molecule has 1 aromatic heterocycles. The Morgan fingerprint density at radius 3 is 2.78 bits per heavy atom. The second kappa shape index (κ2) is 4.72. The number of aryl methyl sites for hydroxylation is 1. The molecule has 4 nitrogen and oxygen atoms in total. The summed E-state index contributed by atoms with van der Waals surface area (Å²) in [4.78, 5) is 10.9. The highest BCUT2D eigenvalue weighted by atomic mass is 16.5. The van der Waals surface area contributed by atoms with Crippen molar-refractivity contribution in [3.63, 3.8) is 0 Å². The molecule has 0 amide bonds. The molecule has 1 N–H and O–H groups in total. The Morgan fingerprint density at radius 1 is 1.44 bits per heavy atom. The van der Waals surface area contributed by atoms with Crippen LogP contribution in [0.3, 0.4) is 0 Å². The van der Waals surface area contributed by atoms with Crippen LogP contribution in [0.4, 0.5) is 0 Å². The summed E-state index contributed by atoms with van der Waals surface area (Å²) in [7, 11) is 3.59. The lowest BCUT2D eigenvalue weighted by Crippen LogP contribution is -2.12. The number of rotatable bonds is 4. The number of hydrogen-bond donors (Lipinski definition) is 1. The zero-order valence-electron chi connectivity index (χ0n) is 10.8. The summed E-state index contributed by atoms with van der Waals surface area (Å²) in [5, 5.41) is 10.1. The molecule has 4 heteroatoms. The first-order chi connectivity index (χ1) is 8.54. The zero-order valence-corrected chi connectivity index (χ0v) is 10.8. The predicted molar refractivity (Wildman–Crippen MR) is 70.0 cm³/mol. The summed E-state index contributed by atoms with van der Waals surface area (Å²) in [5.74, 6) is -0.346. The van der Waals surface area contributed by atoms with E-state index in [-0.39, 0.29) is 5.92 Å². The van der Waals surface area contributed by atoms with Crippen LogP contribution >= 0.6 is 0 Å². The predicted octanol–water partition coefficient (Wildman–Crippen LogP) is 2.45. The second-order valence-electron chi connectivity index (χ2n) is 4.56. The third-order valence-electron chi connectivity index (χ3n) is 3.26. The second-order valence-corrected chi connectivity index (χ2v) is 4.56. The highest BCUT2D eigenvalue weighted by molar-refractivity contribution is 5.89. The minimum atomic E-state index is -0.769. The third kappa shape index (κ3) is 2.06. The van der Waals surface area contributed by atoms with E-state index < -0.39 is 5.97 Å². The molecule has 0 saturated carbocycles. The molecular formula is C14H17NO3. The number of aromatic nitrogens is 1. The van der Waals surface area contributed by atoms with Gasteiger partial charge in [0.1, 0.15) is 5.75 Å². The van der Waals surface area contributed by atoms with Gasteiger partial charge in [-0.3, -0.25) is 4.79 Å². The van der Waals surface area contributed by atoms with Gasteiger partial charge in [-0.1, -0.05) is 13.0 Å². The molecule has 0 spiro atoms. The fraction of sp³-hybridized carbons (Fsp3) is 0.357. The third-order valence-corrected chi connectivity index (χ3v) is 3.26. The maximum Gasteiger partial charge on any atom is 0.306 e. The summed E-state index contributed by atoms with van der Waals surface area (Å²) >= 11 is 0. The maximum absolute atomic E-state index is 10.9. The van der Waals surface area contributed by atoms with Gasteiger partial charge in [-0.25, -0.2) is 0 Å². The zero-order chi connectivity index (χ0) is 13.3. The molecule has 2 aromatic rings. The number of carboxylic acid groups (broad SMARTS) is 1. The van der Waals surface area contributed by atoms with Crippen molar-refractivity contribution in [1.82, 2.24) is 4.57 Å². The molecule has 0 aliphatic rings. The van der Waals surface area contributed by atoms with Crippen LogP contribution in [0.25, 0.3) is 10.9 Å². The topological polar surface area (TPSA) is 51.5 Å². The largest absolute Gasteiger partial charge is 0.495 e. The quantitative estimate of drug-likeness (QED) is 0.902. The van der Waals surface area contributed by atoms with E-state index in [1.54, 1.807) is 14.0 Å². The Bertz CT molecular complexity index is 586. The van der Waals surface area contributed by atoms with Gasteiger partial charge in [0.05, 0.1) is 18.5 Å². The van der Waals surface area contributed by atoms with Crippen molar-refractivity contribution in [2.75, 3.05) is 7.11 Å². The lowest BCUT2D eigenvalue weighted by molar-refractivity contribution is -0.141. The van der Waals surface area contributed by atoms with E-state index >= 15 is 0 Å². The first kappa shape index (κ1) is 12.5. The van der Waals surface area contributed by atoms with Crippen molar-refractivity contribution in [3.8, 4) is 5.75 Å². The molecule has 0 radical (unpaired) electrons. The van der Waals surface area contributed by atoms with Gasteiger partial charge >= 0.3 is 5.97 Å². The summed E-state index contributed by atoms with van der Waals surface area (Å²) in [6.07, 6.45) is 2.49. The highest BCUT2D eigenvalue weighted by Gasteiger charge is 2.15. The van der Waals surface area contributed by atoms with E-state index in [2.05, 4.69) is 0 Å². The van der Waals surface area contributed by atoms with Crippen LogP contribution in [0.5, 0.6) is 5.75 Å². The Balaban J connectivity index is 2.50. The van der Waals surface area contributed by atoms with Crippen LogP contribution < -0.4 is 4.74 Å². The minimum Gasteiger partial charge on any atom is -0.495 e. The van der Waals surface area contributed by atoms with Gasteiger partial charge in [-0.15, -0.1) is 0 Å². The van der Waals surface area contributed by atoms with Gasteiger partial charge < -0.3 is 14.4 Å². The van der Waals surface area contributed by atoms with Crippen LogP contribution in [0.1, 0.15) is 12.5 Å². The Kier molecular flexibility index (Phi) is 3.28. The number of benzene rings is 1. The van der Waals surface area contributed by atoms with Crippen molar-refractivity contribution in [2.24, 2.45) is 13.0 Å². The molecule has 1 unspecified atom stereocenters. The van der Waals surface area contributed by atoms with Gasteiger partial charge in [0, 0.05) is 18.6 Å². The standard InChI is InChI=1S/C14H17NO3/c1-9(14(16)17)8-10-4-5-12(18-3)13-11(10)6-7-15(13)2/h4-7,9H,8H2,1-3H3,(H,16,17). The smallest absolute Gasteiger partial charge is 0.306 e. The fourth-order valence-electron chi connectivity index (χ4n) is 2.20. The van der Waals surface area contributed by atoms with E-state index in [0.29, 0.717) is 6.42 Å². The summed E-state index contributed by atoms with van der Waals surface area (Å²) in [5.41, 5.74) is 2.05. The monoisotopic (exact) mass is 247 g/mol. The van der Waals surface area contributed by atoms with E-state index in [0.717, 1.165) is 22.2 Å². The molecule has 2 rings (SSSR count). The molecular weight excluding hydrogens is 230 g/mol. The van der Waals surface area contributed by atoms with Crippen molar-refractivity contribution < 1.29 is 14.6 Å². The van der Waals surface area contributed by atoms with Gasteiger partial charge in [-0.05, 0) is 24.1 Å². The van der Waals surface area contributed by atoms with Crippen LogP contribution in [-0.4, -0.2) is 22.8 Å². The molecule has 0 aliphatic carbocycles. The molecule has 96 valence electrons. The van der Waals surface area contributed by atoms with Crippen molar-refractivity contribution in [3.05, 3.63) is 30.0 Å². The average Bonchev–Trinajstić information content (AvgIpc) is 2.73. The number of fused-ring (bicyclic) bond motifs is 1. The van der Waals surface area contributed by atoms with E-state index in [9.17, 15) is 4.79 Å². The Labute approximate surface area is 106 Å². The first-order valence-electron chi connectivity index (χ1n) is 5.88. The van der Waals surface area contributed by atoms with Gasteiger partial charge in [-0.2, -0.15) is 0 Å².